The van der Waals surface area contributed by atoms with Crippen LogP contribution in [-0.2, 0) is 12.0 Å². The molecule has 2 rings (SSSR count). The smallest absolute Gasteiger partial charge is 0.122 e. The third kappa shape index (κ3) is 3.56. The first kappa shape index (κ1) is 15.4. The standard InChI is InChI=1S/C18H22O3/c1-13-5-10-17(21-4)14(11-13)12-18(2,19)15-6-8-16(20-3)9-7-15/h5-11,19H,12H2,1-4H3. The van der Waals surface area contributed by atoms with Gasteiger partial charge in [0.25, 0.3) is 0 Å². The van der Waals surface area contributed by atoms with Gasteiger partial charge in [0, 0.05) is 6.42 Å². The summed E-state index contributed by atoms with van der Waals surface area (Å²) in [7, 11) is 3.28. The van der Waals surface area contributed by atoms with Crippen LogP contribution in [0.1, 0.15) is 23.6 Å². The van der Waals surface area contributed by atoms with Crippen molar-refractivity contribution in [1.82, 2.24) is 0 Å². The molecule has 112 valence electrons. The highest BCUT2D eigenvalue weighted by atomic mass is 16.5. The summed E-state index contributed by atoms with van der Waals surface area (Å²) in [6, 6.07) is 13.5. The van der Waals surface area contributed by atoms with Crippen molar-refractivity contribution >= 4 is 0 Å². The average Bonchev–Trinajstić information content (AvgIpc) is 2.47. The van der Waals surface area contributed by atoms with Gasteiger partial charge < -0.3 is 14.6 Å². The second-order valence-electron chi connectivity index (χ2n) is 5.49. The zero-order valence-electron chi connectivity index (χ0n) is 13.0. The summed E-state index contributed by atoms with van der Waals surface area (Å²) in [6.45, 7) is 3.85. The summed E-state index contributed by atoms with van der Waals surface area (Å²) >= 11 is 0. The van der Waals surface area contributed by atoms with Gasteiger partial charge in [-0.3, -0.25) is 0 Å². The van der Waals surface area contributed by atoms with Crippen molar-refractivity contribution in [3.8, 4) is 11.5 Å². The molecule has 0 saturated carbocycles. The van der Waals surface area contributed by atoms with E-state index in [1.165, 1.54) is 0 Å². The Morgan fingerprint density at radius 2 is 1.67 bits per heavy atom. The zero-order valence-corrected chi connectivity index (χ0v) is 13.0. The molecule has 3 heteroatoms. The minimum atomic E-state index is -0.965. The van der Waals surface area contributed by atoms with Gasteiger partial charge in [-0.15, -0.1) is 0 Å². The van der Waals surface area contributed by atoms with Crippen LogP contribution in [0.3, 0.4) is 0 Å². The second-order valence-corrected chi connectivity index (χ2v) is 5.49. The van der Waals surface area contributed by atoms with E-state index in [4.69, 9.17) is 9.47 Å². The lowest BCUT2D eigenvalue weighted by molar-refractivity contribution is 0.0569. The van der Waals surface area contributed by atoms with Gasteiger partial charge in [-0.2, -0.15) is 0 Å². The van der Waals surface area contributed by atoms with Crippen molar-refractivity contribution in [3.05, 3.63) is 59.2 Å². The van der Waals surface area contributed by atoms with E-state index < -0.39 is 5.60 Å². The monoisotopic (exact) mass is 286 g/mol. The molecule has 2 aromatic rings. The Morgan fingerprint density at radius 1 is 1.00 bits per heavy atom. The Bertz CT molecular complexity index is 600. The van der Waals surface area contributed by atoms with E-state index in [2.05, 4.69) is 6.07 Å². The average molecular weight is 286 g/mol. The lowest BCUT2D eigenvalue weighted by Crippen LogP contribution is -2.24. The van der Waals surface area contributed by atoms with Crippen LogP contribution in [0.2, 0.25) is 0 Å². The molecule has 0 saturated heterocycles. The summed E-state index contributed by atoms with van der Waals surface area (Å²) in [5.41, 5.74) is 2.04. The van der Waals surface area contributed by atoms with Crippen LogP contribution >= 0.6 is 0 Å². The van der Waals surface area contributed by atoms with Crippen LogP contribution in [0.4, 0.5) is 0 Å². The highest BCUT2D eigenvalue weighted by molar-refractivity contribution is 5.39. The fraction of sp³-hybridized carbons (Fsp3) is 0.333. The number of benzene rings is 2. The molecule has 0 spiro atoms. The molecule has 0 amide bonds. The molecule has 0 heterocycles. The summed E-state index contributed by atoms with van der Waals surface area (Å²) in [6.07, 6.45) is 0.490. The third-order valence-corrected chi connectivity index (χ3v) is 3.68. The predicted octanol–water partition coefficient (Wildman–Crippen LogP) is 3.46. The number of hydrogen-bond acceptors (Lipinski definition) is 3. The topological polar surface area (TPSA) is 38.7 Å². The predicted molar refractivity (Wildman–Crippen MR) is 84.0 cm³/mol. The number of aryl methyl sites for hydroxylation is 1. The molecule has 0 aliphatic rings. The SMILES string of the molecule is COc1ccc(C(C)(O)Cc2cc(C)ccc2OC)cc1. The van der Waals surface area contributed by atoms with E-state index >= 15 is 0 Å². The molecule has 1 unspecified atom stereocenters. The number of rotatable bonds is 5. The molecule has 3 nitrogen and oxygen atoms in total. The summed E-state index contributed by atoms with van der Waals surface area (Å²) in [5.74, 6) is 1.58. The molecule has 0 bridgehead atoms. The van der Waals surface area contributed by atoms with E-state index in [-0.39, 0.29) is 0 Å². The van der Waals surface area contributed by atoms with Crippen molar-refractivity contribution in [2.24, 2.45) is 0 Å². The lowest BCUT2D eigenvalue weighted by Gasteiger charge is -2.25. The van der Waals surface area contributed by atoms with Crippen molar-refractivity contribution < 1.29 is 14.6 Å². The van der Waals surface area contributed by atoms with E-state index in [9.17, 15) is 5.11 Å². The number of hydrogen-bond donors (Lipinski definition) is 1. The molecule has 1 N–H and O–H groups in total. The minimum Gasteiger partial charge on any atom is -0.497 e. The first-order valence-corrected chi connectivity index (χ1v) is 6.96. The molecule has 0 radical (unpaired) electrons. The van der Waals surface area contributed by atoms with Gasteiger partial charge in [-0.1, -0.05) is 29.8 Å². The van der Waals surface area contributed by atoms with Crippen LogP contribution < -0.4 is 9.47 Å². The first-order chi connectivity index (χ1) is 9.96. The van der Waals surface area contributed by atoms with Crippen molar-refractivity contribution in [1.29, 1.82) is 0 Å². The largest absolute Gasteiger partial charge is 0.497 e. The molecule has 0 fully saturated rings. The van der Waals surface area contributed by atoms with Gasteiger partial charge in [0.05, 0.1) is 19.8 Å². The highest BCUT2D eigenvalue weighted by Gasteiger charge is 2.25. The zero-order chi connectivity index (χ0) is 15.5. The molecule has 1 atom stereocenters. The van der Waals surface area contributed by atoms with Crippen LogP contribution in [-0.4, -0.2) is 19.3 Å². The Balaban J connectivity index is 2.29. The Kier molecular flexibility index (Phi) is 4.53. The molecule has 2 aromatic carbocycles. The lowest BCUT2D eigenvalue weighted by atomic mass is 9.88. The fourth-order valence-electron chi connectivity index (χ4n) is 2.47. The fourth-order valence-corrected chi connectivity index (χ4v) is 2.47. The Hall–Kier alpha value is -2.00. The third-order valence-electron chi connectivity index (χ3n) is 3.68. The summed E-state index contributed by atoms with van der Waals surface area (Å²) < 4.78 is 10.5. The van der Waals surface area contributed by atoms with Gasteiger partial charge in [-0.25, -0.2) is 0 Å². The molecule has 0 aromatic heterocycles. The van der Waals surface area contributed by atoms with E-state index in [0.717, 1.165) is 28.2 Å². The second kappa shape index (κ2) is 6.19. The van der Waals surface area contributed by atoms with Crippen LogP contribution in [0, 0.1) is 6.92 Å². The van der Waals surface area contributed by atoms with Gasteiger partial charge in [-0.05, 0) is 43.2 Å². The maximum absolute atomic E-state index is 10.8. The quantitative estimate of drug-likeness (QED) is 0.914. The molecule has 0 aliphatic heterocycles. The number of aliphatic hydroxyl groups is 1. The summed E-state index contributed by atoms with van der Waals surface area (Å²) in [5, 5.41) is 10.8. The molecular weight excluding hydrogens is 264 g/mol. The van der Waals surface area contributed by atoms with Crippen LogP contribution in [0.5, 0.6) is 11.5 Å². The first-order valence-electron chi connectivity index (χ1n) is 6.96. The van der Waals surface area contributed by atoms with Crippen LogP contribution in [0.15, 0.2) is 42.5 Å². The van der Waals surface area contributed by atoms with Crippen molar-refractivity contribution in [2.45, 2.75) is 25.9 Å². The van der Waals surface area contributed by atoms with Gasteiger partial charge in [0.15, 0.2) is 0 Å². The minimum absolute atomic E-state index is 0.490. The maximum atomic E-state index is 10.8. The number of methoxy groups -OCH3 is 2. The Labute approximate surface area is 126 Å². The van der Waals surface area contributed by atoms with Gasteiger partial charge in [0.1, 0.15) is 11.5 Å². The summed E-state index contributed by atoms with van der Waals surface area (Å²) in [4.78, 5) is 0. The highest BCUT2D eigenvalue weighted by Crippen LogP contribution is 2.31. The molecule has 0 aliphatic carbocycles. The maximum Gasteiger partial charge on any atom is 0.122 e. The van der Waals surface area contributed by atoms with Gasteiger partial charge in [0.2, 0.25) is 0 Å². The van der Waals surface area contributed by atoms with Crippen LogP contribution in [0.25, 0.3) is 0 Å². The molecular formula is C18H22O3. The molecule has 21 heavy (non-hydrogen) atoms. The normalized spacial score (nSPS) is 13.6. The van der Waals surface area contributed by atoms with E-state index in [1.54, 1.807) is 14.2 Å². The van der Waals surface area contributed by atoms with Gasteiger partial charge >= 0.3 is 0 Å². The Morgan fingerprint density at radius 3 is 2.24 bits per heavy atom. The van der Waals surface area contributed by atoms with E-state index in [0.29, 0.717) is 6.42 Å². The van der Waals surface area contributed by atoms with Crippen molar-refractivity contribution in [2.75, 3.05) is 14.2 Å². The number of ether oxygens (including phenoxy) is 2. The van der Waals surface area contributed by atoms with E-state index in [1.807, 2.05) is 50.2 Å². The van der Waals surface area contributed by atoms with Crippen molar-refractivity contribution in [3.63, 3.8) is 0 Å².